The zero-order chi connectivity index (χ0) is 18.0. The van der Waals surface area contributed by atoms with E-state index in [0.717, 1.165) is 32.5 Å². The summed E-state index contributed by atoms with van der Waals surface area (Å²) in [6.45, 7) is 2.24. The van der Waals surface area contributed by atoms with E-state index in [9.17, 15) is 14.9 Å². The largest absolute Gasteiger partial charge is 0.345 e. The molecule has 0 aliphatic carbocycles. The van der Waals surface area contributed by atoms with Gasteiger partial charge in [-0.05, 0) is 25.1 Å². The Morgan fingerprint density at radius 1 is 1.24 bits per heavy atom. The molecule has 128 valence electrons. The first-order valence-electron chi connectivity index (χ1n) is 7.18. The van der Waals surface area contributed by atoms with E-state index in [0.29, 0.717) is 9.90 Å². The van der Waals surface area contributed by atoms with Crippen LogP contribution < -0.4 is 5.32 Å². The number of aryl methyl sites for hydroxylation is 1. The van der Waals surface area contributed by atoms with Gasteiger partial charge in [-0.25, -0.2) is 4.98 Å². The number of halogens is 1. The Hall–Kier alpha value is -2.29. The van der Waals surface area contributed by atoms with Gasteiger partial charge in [0, 0.05) is 21.5 Å². The van der Waals surface area contributed by atoms with Gasteiger partial charge in [0.05, 0.1) is 22.0 Å². The van der Waals surface area contributed by atoms with Crippen molar-refractivity contribution in [3.8, 4) is 11.3 Å². The highest BCUT2D eigenvalue weighted by Gasteiger charge is 2.16. The van der Waals surface area contributed by atoms with Gasteiger partial charge in [0.2, 0.25) is 0 Å². The van der Waals surface area contributed by atoms with Crippen LogP contribution >= 0.6 is 34.3 Å². The number of carbonyl (C=O) groups is 1. The number of nitrogens with zero attached hydrogens (tertiary/aromatic N) is 2. The number of benzene rings is 1. The smallest absolute Gasteiger partial charge is 0.324 e. The fraction of sp³-hybridized carbons (Fsp3) is 0.125. The summed E-state index contributed by atoms with van der Waals surface area (Å²) in [7, 11) is 0. The summed E-state index contributed by atoms with van der Waals surface area (Å²) in [6, 6.07) is 10.2. The van der Waals surface area contributed by atoms with E-state index in [1.165, 1.54) is 23.5 Å². The van der Waals surface area contributed by atoms with Crippen LogP contribution in [0.4, 0.5) is 5.00 Å². The monoisotopic (exact) mass is 393 g/mol. The molecule has 0 atom stereocenters. The number of thiophene rings is 1. The van der Waals surface area contributed by atoms with Crippen LogP contribution in [-0.2, 0) is 6.54 Å². The van der Waals surface area contributed by atoms with Crippen LogP contribution in [0.25, 0.3) is 11.3 Å². The predicted molar refractivity (Wildman–Crippen MR) is 99.4 cm³/mol. The average Bonchev–Trinajstić information content (AvgIpc) is 3.20. The standard InChI is InChI=1S/C16H12ClN3O3S2/c1-9-15(10-2-4-11(17)5-3-10)19-13(24-9)8-18-16(21)12-6-7-14(25-12)20(22)23/h2-7H,8H2,1H3,(H,18,21). The quantitative estimate of drug-likeness (QED) is 0.504. The number of hydrogen-bond donors (Lipinski definition) is 1. The molecule has 0 saturated carbocycles. The molecule has 2 heterocycles. The van der Waals surface area contributed by atoms with Crippen molar-refractivity contribution in [2.45, 2.75) is 13.5 Å². The molecule has 1 N–H and O–H groups in total. The Balaban J connectivity index is 1.69. The molecule has 3 aromatic rings. The van der Waals surface area contributed by atoms with Crippen LogP contribution in [0.2, 0.25) is 5.02 Å². The van der Waals surface area contributed by atoms with Crippen LogP contribution in [0.15, 0.2) is 36.4 Å². The topological polar surface area (TPSA) is 85.1 Å². The molecule has 0 spiro atoms. The summed E-state index contributed by atoms with van der Waals surface area (Å²) >= 11 is 8.25. The molecule has 2 aromatic heterocycles. The minimum atomic E-state index is -0.510. The van der Waals surface area contributed by atoms with Crippen molar-refractivity contribution in [1.82, 2.24) is 10.3 Å². The van der Waals surface area contributed by atoms with E-state index in [4.69, 9.17) is 11.6 Å². The Kier molecular flexibility index (Phi) is 5.12. The number of thiazole rings is 1. The van der Waals surface area contributed by atoms with Gasteiger partial charge < -0.3 is 5.32 Å². The zero-order valence-electron chi connectivity index (χ0n) is 13.0. The molecule has 6 nitrogen and oxygen atoms in total. The van der Waals surface area contributed by atoms with Gasteiger partial charge in [-0.2, -0.15) is 0 Å². The van der Waals surface area contributed by atoms with Gasteiger partial charge in [-0.1, -0.05) is 35.1 Å². The lowest BCUT2D eigenvalue weighted by molar-refractivity contribution is -0.380. The molecule has 0 aliphatic rings. The van der Waals surface area contributed by atoms with Gasteiger partial charge in [0.15, 0.2) is 0 Å². The van der Waals surface area contributed by atoms with Crippen molar-refractivity contribution in [2.75, 3.05) is 0 Å². The molecule has 3 rings (SSSR count). The first kappa shape index (κ1) is 17.5. The second-order valence-electron chi connectivity index (χ2n) is 5.10. The molecule has 0 aliphatic heterocycles. The Morgan fingerprint density at radius 2 is 1.96 bits per heavy atom. The number of aromatic nitrogens is 1. The van der Waals surface area contributed by atoms with Gasteiger partial charge in [0.25, 0.3) is 5.91 Å². The molecule has 0 saturated heterocycles. The lowest BCUT2D eigenvalue weighted by atomic mass is 10.1. The fourth-order valence-corrected chi connectivity index (χ4v) is 3.95. The van der Waals surface area contributed by atoms with Crippen molar-refractivity contribution in [2.24, 2.45) is 0 Å². The molecule has 9 heteroatoms. The number of nitrogens with one attached hydrogen (secondary N) is 1. The summed E-state index contributed by atoms with van der Waals surface area (Å²) in [6.07, 6.45) is 0. The fourth-order valence-electron chi connectivity index (χ4n) is 2.19. The molecule has 0 radical (unpaired) electrons. The lowest BCUT2D eigenvalue weighted by Gasteiger charge is -2.00. The summed E-state index contributed by atoms with van der Waals surface area (Å²) in [5, 5.41) is 14.8. The lowest BCUT2D eigenvalue weighted by Crippen LogP contribution is -2.21. The number of rotatable bonds is 5. The first-order chi connectivity index (χ1) is 11.9. The van der Waals surface area contributed by atoms with E-state index in [2.05, 4.69) is 10.3 Å². The van der Waals surface area contributed by atoms with Crippen LogP contribution in [-0.4, -0.2) is 15.8 Å². The molecular weight excluding hydrogens is 382 g/mol. The van der Waals surface area contributed by atoms with Crippen LogP contribution in [0.1, 0.15) is 19.6 Å². The molecule has 1 amide bonds. The van der Waals surface area contributed by atoms with E-state index >= 15 is 0 Å². The second-order valence-corrected chi connectivity index (χ2v) is 7.88. The van der Waals surface area contributed by atoms with E-state index < -0.39 is 4.92 Å². The minimum Gasteiger partial charge on any atom is -0.345 e. The Morgan fingerprint density at radius 3 is 2.60 bits per heavy atom. The highest BCUT2D eigenvalue weighted by Crippen LogP contribution is 2.29. The van der Waals surface area contributed by atoms with Crippen LogP contribution in [0, 0.1) is 17.0 Å². The first-order valence-corrected chi connectivity index (χ1v) is 9.20. The highest BCUT2D eigenvalue weighted by atomic mass is 35.5. The number of hydrogen-bond acceptors (Lipinski definition) is 6. The van der Waals surface area contributed by atoms with Gasteiger partial charge >= 0.3 is 5.00 Å². The van der Waals surface area contributed by atoms with Crippen molar-refractivity contribution in [3.63, 3.8) is 0 Å². The van der Waals surface area contributed by atoms with Gasteiger partial charge in [-0.3, -0.25) is 14.9 Å². The summed E-state index contributed by atoms with van der Waals surface area (Å²) in [5.41, 5.74) is 1.82. The third-order valence-electron chi connectivity index (χ3n) is 3.35. The molecule has 1 aromatic carbocycles. The van der Waals surface area contributed by atoms with Crippen molar-refractivity contribution in [1.29, 1.82) is 0 Å². The maximum Gasteiger partial charge on any atom is 0.324 e. The van der Waals surface area contributed by atoms with Crippen molar-refractivity contribution < 1.29 is 9.72 Å². The van der Waals surface area contributed by atoms with E-state index in [1.807, 2.05) is 19.1 Å². The zero-order valence-corrected chi connectivity index (χ0v) is 15.4. The van der Waals surface area contributed by atoms with Crippen LogP contribution in [0.3, 0.4) is 0 Å². The van der Waals surface area contributed by atoms with Crippen LogP contribution in [0.5, 0.6) is 0 Å². The summed E-state index contributed by atoms with van der Waals surface area (Å²) < 4.78 is 0. The van der Waals surface area contributed by atoms with Gasteiger partial charge in [-0.15, -0.1) is 11.3 Å². The Bertz CT molecular complexity index is 935. The predicted octanol–water partition coefficient (Wildman–Crippen LogP) is 4.67. The molecule has 0 unspecified atom stereocenters. The number of carbonyl (C=O) groups excluding carboxylic acids is 1. The summed E-state index contributed by atoms with van der Waals surface area (Å²) in [5.74, 6) is -0.348. The Labute approximate surface area is 156 Å². The third kappa shape index (κ3) is 4.04. The maximum absolute atomic E-state index is 12.1. The van der Waals surface area contributed by atoms with E-state index in [-0.39, 0.29) is 17.5 Å². The van der Waals surface area contributed by atoms with Crippen molar-refractivity contribution >= 4 is 45.2 Å². The molecule has 0 fully saturated rings. The second kappa shape index (κ2) is 7.30. The molecule has 0 bridgehead atoms. The minimum absolute atomic E-state index is 0.0553. The SMILES string of the molecule is Cc1sc(CNC(=O)c2ccc([N+](=O)[O-])s2)nc1-c1ccc(Cl)cc1. The molecular formula is C16H12ClN3O3S2. The van der Waals surface area contributed by atoms with E-state index in [1.54, 1.807) is 12.1 Å². The van der Waals surface area contributed by atoms with Gasteiger partial charge in [0.1, 0.15) is 5.01 Å². The summed E-state index contributed by atoms with van der Waals surface area (Å²) in [4.78, 5) is 28.2. The third-order valence-corrected chi connectivity index (χ3v) is 5.61. The molecule has 25 heavy (non-hydrogen) atoms. The number of amides is 1. The maximum atomic E-state index is 12.1. The number of nitro groups is 1. The normalized spacial score (nSPS) is 10.6. The van der Waals surface area contributed by atoms with Crippen molar-refractivity contribution in [3.05, 3.63) is 66.3 Å². The highest BCUT2D eigenvalue weighted by molar-refractivity contribution is 7.17. The average molecular weight is 394 g/mol.